The van der Waals surface area contributed by atoms with E-state index in [1.54, 1.807) is 0 Å². The van der Waals surface area contributed by atoms with Crippen molar-refractivity contribution in [2.24, 2.45) is 0 Å². The minimum atomic E-state index is 1.07. The Morgan fingerprint density at radius 1 is 1.00 bits per heavy atom. The third-order valence-corrected chi connectivity index (χ3v) is 3.31. The van der Waals surface area contributed by atoms with Crippen molar-refractivity contribution >= 4 is 11.9 Å². The van der Waals surface area contributed by atoms with E-state index in [1.165, 1.54) is 22.4 Å². The van der Waals surface area contributed by atoms with Gasteiger partial charge in [0.1, 0.15) is 0 Å². The van der Waals surface area contributed by atoms with Crippen molar-refractivity contribution in [1.82, 2.24) is 0 Å². The molecule has 0 aliphatic carbocycles. The standard InChI is InChI=1S/C16H16N/c1-13-5-4-8-16(11-13)17-10-9-14-6-2-3-7-15(14)12-17/h2-8,11-12H,9-10H2,1H3/q+1. The fourth-order valence-electron chi connectivity index (χ4n) is 2.37. The first kappa shape index (κ1) is 10.3. The minimum Gasteiger partial charge on any atom is -0.198 e. The average Bonchev–Trinajstić information content (AvgIpc) is 2.38. The molecule has 1 aliphatic rings. The topological polar surface area (TPSA) is 3.01 Å². The second-order valence-corrected chi connectivity index (χ2v) is 4.61. The van der Waals surface area contributed by atoms with E-state index < -0.39 is 0 Å². The van der Waals surface area contributed by atoms with E-state index in [0.29, 0.717) is 0 Å². The molecular weight excluding hydrogens is 206 g/mol. The van der Waals surface area contributed by atoms with E-state index in [-0.39, 0.29) is 0 Å². The third-order valence-electron chi connectivity index (χ3n) is 3.31. The highest BCUT2D eigenvalue weighted by atomic mass is 15.0. The van der Waals surface area contributed by atoms with E-state index in [4.69, 9.17) is 0 Å². The van der Waals surface area contributed by atoms with Crippen LogP contribution in [0.3, 0.4) is 0 Å². The molecule has 1 nitrogen and oxygen atoms in total. The lowest BCUT2D eigenvalue weighted by Gasteiger charge is -2.11. The van der Waals surface area contributed by atoms with Crippen molar-refractivity contribution in [2.75, 3.05) is 6.54 Å². The highest BCUT2D eigenvalue weighted by molar-refractivity contribution is 5.79. The number of benzene rings is 2. The molecule has 0 amide bonds. The van der Waals surface area contributed by atoms with E-state index in [2.05, 4.69) is 66.2 Å². The second kappa shape index (κ2) is 4.17. The SMILES string of the molecule is Cc1cccc([N+]2=Cc3ccccc3CC2)c1. The molecule has 0 spiro atoms. The Morgan fingerprint density at radius 3 is 2.76 bits per heavy atom. The van der Waals surface area contributed by atoms with Crippen molar-refractivity contribution in [3.8, 4) is 0 Å². The summed E-state index contributed by atoms with van der Waals surface area (Å²) in [4.78, 5) is 0. The molecule has 3 rings (SSSR count). The molecule has 2 aromatic carbocycles. The normalized spacial score (nSPS) is 14.1. The van der Waals surface area contributed by atoms with Crippen LogP contribution in [0.4, 0.5) is 5.69 Å². The number of fused-ring (bicyclic) bond motifs is 1. The van der Waals surface area contributed by atoms with Gasteiger partial charge in [0.2, 0.25) is 5.69 Å². The molecular formula is C16H16N+. The Labute approximate surface area is 102 Å². The van der Waals surface area contributed by atoms with E-state index in [9.17, 15) is 0 Å². The van der Waals surface area contributed by atoms with Crippen LogP contribution >= 0.6 is 0 Å². The lowest BCUT2D eigenvalue weighted by molar-refractivity contribution is -0.436. The highest BCUT2D eigenvalue weighted by Crippen LogP contribution is 2.19. The van der Waals surface area contributed by atoms with Gasteiger partial charge in [-0.25, -0.2) is 0 Å². The van der Waals surface area contributed by atoms with Crippen molar-refractivity contribution in [1.29, 1.82) is 0 Å². The first-order valence-electron chi connectivity index (χ1n) is 6.09. The molecule has 1 heterocycles. The lowest BCUT2D eigenvalue weighted by Crippen LogP contribution is -2.18. The van der Waals surface area contributed by atoms with E-state index in [1.807, 2.05) is 0 Å². The molecule has 1 heteroatoms. The highest BCUT2D eigenvalue weighted by Gasteiger charge is 2.17. The van der Waals surface area contributed by atoms with Gasteiger partial charge < -0.3 is 0 Å². The van der Waals surface area contributed by atoms with Crippen LogP contribution in [0.15, 0.2) is 48.5 Å². The zero-order valence-electron chi connectivity index (χ0n) is 10.1. The summed E-state index contributed by atoms with van der Waals surface area (Å²) in [6.45, 7) is 3.21. The molecule has 1 aliphatic heterocycles. The molecule has 17 heavy (non-hydrogen) atoms. The Kier molecular flexibility index (Phi) is 2.52. The zero-order valence-corrected chi connectivity index (χ0v) is 10.1. The first-order valence-corrected chi connectivity index (χ1v) is 6.09. The van der Waals surface area contributed by atoms with E-state index >= 15 is 0 Å². The number of aryl methyl sites for hydroxylation is 1. The third kappa shape index (κ3) is 2.01. The van der Waals surface area contributed by atoms with Gasteiger partial charge in [-0.1, -0.05) is 30.3 Å². The van der Waals surface area contributed by atoms with Gasteiger partial charge in [-0.05, 0) is 24.1 Å². The minimum absolute atomic E-state index is 1.07. The van der Waals surface area contributed by atoms with Gasteiger partial charge in [-0.15, -0.1) is 0 Å². The predicted molar refractivity (Wildman–Crippen MR) is 71.3 cm³/mol. The Hall–Kier alpha value is -1.89. The first-order chi connectivity index (χ1) is 8.33. The summed E-state index contributed by atoms with van der Waals surface area (Å²) < 4.78 is 2.34. The Bertz CT molecular complexity index is 582. The van der Waals surface area contributed by atoms with Crippen LogP contribution < -0.4 is 0 Å². The molecule has 0 saturated carbocycles. The molecule has 0 bridgehead atoms. The summed E-state index contributed by atoms with van der Waals surface area (Å²) in [7, 11) is 0. The molecule has 0 atom stereocenters. The molecule has 84 valence electrons. The van der Waals surface area contributed by atoms with Gasteiger partial charge in [-0.2, -0.15) is 4.58 Å². The van der Waals surface area contributed by atoms with Gasteiger partial charge in [0.05, 0.1) is 0 Å². The molecule has 0 fully saturated rings. The summed E-state index contributed by atoms with van der Waals surface area (Å²) in [5.74, 6) is 0. The number of hydrogen-bond acceptors (Lipinski definition) is 0. The van der Waals surface area contributed by atoms with Crippen LogP contribution in [0.2, 0.25) is 0 Å². The number of rotatable bonds is 1. The molecule has 0 unspecified atom stereocenters. The van der Waals surface area contributed by atoms with Crippen molar-refractivity contribution < 1.29 is 4.58 Å². The molecule has 0 aromatic heterocycles. The van der Waals surface area contributed by atoms with Gasteiger partial charge in [0, 0.05) is 24.1 Å². The molecule has 0 radical (unpaired) electrons. The molecule has 0 saturated heterocycles. The number of nitrogens with zero attached hydrogens (tertiary/aromatic N) is 1. The van der Waals surface area contributed by atoms with Crippen molar-refractivity contribution in [3.63, 3.8) is 0 Å². The van der Waals surface area contributed by atoms with Crippen LogP contribution in [-0.4, -0.2) is 17.3 Å². The second-order valence-electron chi connectivity index (χ2n) is 4.61. The maximum atomic E-state index is 2.34. The fraction of sp³-hybridized carbons (Fsp3) is 0.188. The Morgan fingerprint density at radius 2 is 1.88 bits per heavy atom. The van der Waals surface area contributed by atoms with Crippen LogP contribution in [0.1, 0.15) is 16.7 Å². The summed E-state index contributed by atoms with van der Waals surface area (Å²) in [6, 6.07) is 17.3. The summed E-state index contributed by atoms with van der Waals surface area (Å²) in [5, 5.41) is 0. The summed E-state index contributed by atoms with van der Waals surface area (Å²) >= 11 is 0. The monoisotopic (exact) mass is 222 g/mol. The van der Waals surface area contributed by atoms with Gasteiger partial charge in [0.25, 0.3) is 0 Å². The van der Waals surface area contributed by atoms with Crippen LogP contribution in [0.5, 0.6) is 0 Å². The van der Waals surface area contributed by atoms with Crippen LogP contribution in [0.25, 0.3) is 0 Å². The van der Waals surface area contributed by atoms with Gasteiger partial charge >= 0.3 is 0 Å². The van der Waals surface area contributed by atoms with Crippen molar-refractivity contribution in [3.05, 3.63) is 65.2 Å². The van der Waals surface area contributed by atoms with Gasteiger partial charge in [-0.3, -0.25) is 0 Å². The predicted octanol–water partition coefficient (Wildman–Crippen LogP) is 3.31. The van der Waals surface area contributed by atoms with Crippen LogP contribution in [-0.2, 0) is 6.42 Å². The quantitative estimate of drug-likeness (QED) is 0.651. The fourth-order valence-corrected chi connectivity index (χ4v) is 2.37. The summed E-state index contributed by atoms with van der Waals surface area (Å²) in [5.41, 5.74) is 5.41. The molecule has 0 N–H and O–H groups in total. The van der Waals surface area contributed by atoms with Crippen molar-refractivity contribution in [2.45, 2.75) is 13.3 Å². The van der Waals surface area contributed by atoms with Gasteiger partial charge in [0.15, 0.2) is 12.8 Å². The van der Waals surface area contributed by atoms with E-state index in [0.717, 1.165) is 13.0 Å². The molecule has 2 aromatic rings. The average molecular weight is 222 g/mol. The zero-order chi connectivity index (χ0) is 11.7. The maximum absolute atomic E-state index is 2.34. The lowest BCUT2D eigenvalue weighted by atomic mass is 10.0. The largest absolute Gasteiger partial charge is 0.205 e. The summed E-state index contributed by atoms with van der Waals surface area (Å²) in [6.07, 6.45) is 3.38. The Balaban J connectivity index is 2.04. The van der Waals surface area contributed by atoms with Crippen LogP contribution in [0, 0.1) is 6.92 Å². The number of hydrogen-bond donors (Lipinski definition) is 0. The smallest absolute Gasteiger partial charge is 0.198 e. The maximum Gasteiger partial charge on any atom is 0.205 e.